The van der Waals surface area contributed by atoms with Crippen LogP contribution in [0.25, 0.3) is 0 Å². The number of aromatic nitrogens is 1. The fourth-order valence-corrected chi connectivity index (χ4v) is 1.21. The van der Waals surface area contributed by atoms with Gasteiger partial charge in [0.15, 0.2) is 6.10 Å². The normalized spacial score (nSPS) is 14.3. The fourth-order valence-electron chi connectivity index (χ4n) is 1.21. The van der Waals surface area contributed by atoms with E-state index in [4.69, 9.17) is 10.2 Å². The van der Waals surface area contributed by atoms with Crippen LogP contribution < -0.4 is 0 Å². The van der Waals surface area contributed by atoms with Gasteiger partial charge in [0.1, 0.15) is 0 Å². The van der Waals surface area contributed by atoms with Crippen molar-refractivity contribution in [2.24, 2.45) is 0 Å². The van der Waals surface area contributed by atoms with Gasteiger partial charge >= 0.3 is 18.3 Å². The van der Waals surface area contributed by atoms with Crippen LogP contribution >= 0.6 is 0 Å². The first kappa shape index (κ1) is 15.2. The van der Waals surface area contributed by atoms with Gasteiger partial charge in [-0.05, 0) is 6.07 Å². The highest BCUT2D eigenvalue weighted by atomic mass is 19.4. The maximum atomic E-state index is 12.5. The molecule has 0 saturated heterocycles. The molecule has 0 saturated carbocycles. The van der Waals surface area contributed by atoms with Gasteiger partial charge in [0.05, 0.1) is 16.8 Å². The summed E-state index contributed by atoms with van der Waals surface area (Å²) in [5, 5.41) is 17.3. The number of aliphatic hydroxyl groups excluding tert-OH is 1. The molecule has 0 aliphatic rings. The zero-order valence-corrected chi connectivity index (χ0v) is 8.75. The van der Waals surface area contributed by atoms with E-state index >= 15 is 0 Å². The predicted octanol–water partition coefficient (Wildman–Crippen LogP) is 2.24. The van der Waals surface area contributed by atoms with Gasteiger partial charge in [0.25, 0.3) is 0 Å². The molecule has 0 aliphatic carbocycles. The first-order chi connectivity index (χ1) is 8.44. The van der Waals surface area contributed by atoms with Crippen LogP contribution in [-0.4, -0.2) is 21.2 Å². The summed E-state index contributed by atoms with van der Waals surface area (Å²) in [5.74, 6) is -1.93. The Bertz CT molecular complexity index is 496. The number of hydrogen-bond acceptors (Lipinski definition) is 3. The summed E-state index contributed by atoms with van der Waals surface area (Å²) in [7, 11) is 0. The summed E-state index contributed by atoms with van der Waals surface area (Å²) >= 11 is 0. The molecule has 1 aromatic rings. The molecule has 10 heteroatoms. The zero-order chi connectivity index (χ0) is 15.0. The Kier molecular flexibility index (Phi) is 3.75. The Hall–Kier alpha value is -1.84. The molecule has 0 radical (unpaired) electrons. The number of alkyl halides is 6. The molecule has 1 rings (SSSR count). The third-order valence-corrected chi connectivity index (χ3v) is 2.05. The second-order valence-corrected chi connectivity index (χ2v) is 3.39. The highest BCUT2D eigenvalue weighted by Gasteiger charge is 2.44. The van der Waals surface area contributed by atoms with Gasteiger partial charge in [-0.25, -0.2) is 4.79 Å². The summed E-state index contributed by atoms with van der Waals surface area (Å²) in [4.78, 5) is 13.2. The van der Waals surface area contributed by atoms with Gasteiger partial charge < -0.3 is 10.2 Å². The molecule has 0 bridgehead atoms. The number of aliphatic hydroxyl groups is 1. The number of rotatable bonds is 2. The van der Waals surface area contributed by atoms with Gasteiger partial charge in [-0.3, -0.25) is 4.98 Å². The van der Waals surface area contributed by atoms with Crippen molar-refractivity contribution in [2.45, 2.75) is 18.5 Å². The van der Waals surface area contributed by atoms with Crippen LogP contribution in [0.5, 0.6) is 0 Å². The van der Waals surface area contributed by atoms with Crippen molar-refractivity contribution >= 4 is 5.97 Å². The van der Waals surface area contributed by atoms with Crippen LogP contribution in [0.4, 0.5) is 26.3 Å². The number of nitrogens with zero attached hydrogens (tertiary/aromatic N) is 1. The van der Waals surface area contributed by atoms with Gasteiger partial charge in [-0.2, -0.15) is 26.3 Å². The molecule has 0 aliphatic heterocycles. The first-order valence-corrected chi connectivity index (χ1v) is 4.50. The highest BCUT2D eigenvalue weighted by molar-refractivity contribution is 5.73. The van der Waals surface area contributed by atoms with E-state index in [1.807, 2.05) is 0 Å². The number of aliphatic carboxylic acids is 1. The minimum absolute atomic E-state index is 0.137. The Balaban J connectivity index is 3.44. The Morgan fingerprint density at radius 1 is 1.11 bits per heavy atom. The molecule has 1 aromatic heterocycles. The Labute approximate surface area is 101 Å². The molecule has 19 heavy (non-hydrogen) atoms. The molecule has 0 fully saturated rings. The van der Waals surface area contributed by atoms with Crippen molar-refractivity contribution in [2.75, 3.05) is 0 Å². The topological polar surface area (TPSA) is 70.4 Å². The van der Waals surface area contributed by atoms with Gasteiger partial charge in [-0.15, -0.1) is 0 Å². The average Bonchev–Trinajstić information content (AvgIpc) is 2.24. The van der Waals surface area contributed by atoms with Crippen LogP contribution in [0.1, 0.15) is 22.9 Å². The minimum atomic E-state index is -5.36. The monoisotopic (exact) mass is 289 g/mol. The molecule has 1 atom stereocenters. The number of carbonyl (C=O) groups is 1. The Morgan fingerprint density at radius 2 is 1.58 bits per heavy atom. The lowest BCUT2D eigenvalue weighted by Crippen LogP contribution is -2.20. The van der Waals surface area contributed by atoms with Gasteiger partial charge in [-0.1, -0.05) is 0 Å². The average molecular weight is 289 g/mol. The van der Waals surface area contributed by atoms with E-state index < -0.39 is 41.2 Å². The lowest BCUT2D eigenvalue weighted by molar-refractivity contribution is -0.162. The molecular formula is C9H5F6NO3. The molecule has 4 nitrogen and oxygen atoms in total. The van der Waals surface area contributed by atoms with Crippen LogP contribution in [0.2, 0.25) is 0 Å². The molecule has 0 amide bonds. The van der Waals surface area contributed by atoms with Crippen molar-refractivity contribution in [1.82, 2.24) is 4.98 Å². The van der Waals surface area contributed by atoms with E-state index in [1.165, 1.54) is 0 Å². The summed E-state index contributed by atoms with van der Waals surface area (Å²) in [5.41, 5.74) is -5.19. The minimum Gasteiger partial charge on any atom is -0.479 e. The molecular weight excluding hydrogens is 284 g/mol. The van der Waals surface area contributed by atoms with E-state index in [2.05, 4.69) is 4.98 Å². The van der Waals surface area contributed by atoms with E-state index in [9.17, 15) is 31.1 Å². The molecule has 2 N–H and O–H groups in total. The van der Waals surface area contributed by atoms with Crippen molar-refractivity contribution in [3.8, 4) is 0 Å². The van der Waals surface area contributed by atoms with Crippen LogP contribution in [0.15, 0.2) is 12.3 Å². The quantitative estimate of drug-likeness (QED) is 0.819. The summed E-state index contributed by atoms with van der Waals surface area (Å²) in [6.45, 7) is 0. The summed E-state index contributed by atoms with van der Waals surface area (Å²) in [6.07, 6.45) is -13.3. The SMILES string of the molecule is O=C(O)C(O)c1cc(C(F)(F)F)c(C(F)(F)F)cn1. The molecule has 1 heterocycles. The number of halogens is 6. The maximum Gasteiger partial charge on any atom is 0.418 e. The van der Waals surface area contributed by atoms with E-state index in [0.717, 1.165) is 0 Å². The second kappa shape index (κ2) is 4.68. The molecule has 0 aromatic carbocycles. The van der Waals surface area contributed by atoms with Crippen molar-refractivity contribution in [3.05, 3.63) is 29.1 Å². The number of carboxylic acids is 1. The lowest BCUT2D eigenvalue weighted by Gasteiger charge is -2.16. The van der Waals surface area contributed by atoms with Crippen molar-refractivity contribution < 1.29 is 41.4 Å². The van der Waals surface area contributed by atoms with Gasteiger partial charge in [0.2, 0.25) is 0 Å². The number of hydrogen-bond donors (Lipinski definition) is 2. The van der Waals surface area contributed by atoms with Crippen molar-refractivity contribution in [3.63, 3.8) is 0 Å². The van der Waals surface area contributed by atoms with E-state index in [0.29, 0.717) is 0 Å². The summed E-state index contributed by atoms with van der Waals surface area (Å²) < 4.78 is 74.5. The standard InChI is InChI=1S/C9H5F6NO3/c10-8(11,12)3-1-5(6(17)7(18)19)16-2-4(3)9(13,14)15/h1-2,6,17H,(H,18,19). The van der Waals surface area contributed by atoms with Crippen LogP contribution in [0.3, 0.4) is 0 Å². The lowest BCUT2D eigenvalue weighted by atomic mass is 10.1. The predicted molar refractivity (Wildman–Crippen MR) is 46.8 cm³/mol. The number of pyridine rings is 1. The van der Waals surface area contributed by atoms with E-state index in [1.54, 1.807) is 0 Å². The van der Waals surface area contributed by atoms with Crippen LogP contribution in [-0.2, 0) is 17.1 Å². The van der Waals surface area contributed by atoms with Crippen molar-refractivity contribution in [1.29, 1.82) is 0 Å². The van der Waals surface area contributed by atoms with Gasteiger partial charge in [0, 0.05) is 6.20 Å². The first-order valence-electron chi connectivity index (χ1n) is 4.50. The largest absolute Gasteiger partial charge is 0.479 e. The highest BCUT2D eigenvalue weighted by Crippen LogP contribution is 2.40. The molecule has 1 unspecified atom stereocenters. The maximum absolute atomic E-state index is 12.5. The Morgan fingerprint density at radius 3 is 1.95 bits per heavy atom. The molecule has 0 spiro atoms. The summed E-state index contributed by atoms with van der Waals surface area (Å²) in [6, 6.07) is -0.137. The smallest absolute Gasteiger partial charge is 0.418 e. The zero-order valence-electron chi connectivity index (χ0n) is 8.75. The third-order valence-electron chi connectivity index (χ3n) is 2.05. The fraction of sp³-hybridized carbons (Fsp3) is 0.333. The van der Waals surface area contributed by atoms with Crippen LogP contribution in [0, 0.1) is 0 Å². The number of carboxylic acid groups (broad SMARTS) is 1. The molecule has 106 valence electrons. The third kappa shape index (κ3) is 3.34. The second-order valence-electron chi connectivity index (χ2n) is 3.39. The van der Waals surface area contributed by atoms with E-state index in [-0.39, 0.29) is 12.3 Å².